The highest BCUT2D eigenvalue weighted by Gasteiger charge is 2.35. The van der Waals surface area contributed by atoms with E-state index in [1.54, 1.807) is 49.1 Å². The van der Waals surface area contributed by atoms with Crippen molar-refractivity contribution in [3.05, 3.63) is 53.6 Å². The Labute approximate surface area is 159 Å². The fraction of sp³-hybridized carbons (Fsp3) is 0.333. The summed E-state index contributed by atoms with van der Waals surface area (Å²) in [6.45, 7) is 4.57. The number of hydrogen-bond acceptors (Lipinski definition) is 4. The van der Waals surface area contributed by atoms with Gasteiger partial charge < -0.3 is 19.3 Å². The second-order valence-corrected chi connectivity index (χ2v) is 6.52. The first kappa shape index (κ1) is 18.8. The zero-order valence-corrected chi connectivity index (χ0v) is 16.1. The van der Waals surface area contributed by atoms with Crippen molar-refractivity contribution in [2.45, 2.75) is 19.9 Å². The maximum Gasteiger partial charge on any atom is 0.254 e. The number of ether oxygens (including phenoxy) is 2. The van der Waals surface area contributed by atoms with Crippen molar-refractivity contribution in [2.75, 3.05) is 32.2 Å². The predicted molar refractivity (Wildman–Crippen MR) is 104 cm³/mol. The van der Waals surface area contributed by atoms with Gasteiger partial charge in [-0.2, -0.15) is 0 Å². The summed E-state index contributed by atoms with van der Waals surface area (Å²) in [5.74, 6) is 0.945. The molecular weight excluding hydrogens is 344 g/mol. The zero-order chi connectivity index (χ0) is 19.6. The largest absolute Gasteiger partial charge is 0.493 e. The summed E-state index contributed by atoms with van der Waals surface area (Å²) < 4.78 is 10.6. The predicted octanol–water partition coefficient (Wildman–Crippen LogP) is 2.89. The third-order valence-corrected chi connectivity index (χ3v) is 4.97. The molecule has 1 fully saturated rings. The van der Waals surface area contributed by atoms with Crippen LogP contribution in [0.5, 0.6) is 11.5 Å². The molecule has 2 amide bonds. The van der Waals surface area contributed by atoms with Crippen LogP contribution in [-0.2, 0) is 4.79 Å². The van der Waals surface area contributed by atoms with Crippen LogP contribution in [0.3, 0.4) is 0 Å². The number of carbonyl (C=O) groups is 2. The molecule has 2 aromatic rings. The van der Waals surface area contributed by atoms with Crippen molar-refractivity contribution >= 4 is 17.5 Å². The van der Waals surface area contributed by atoms with Gasteiger partial charge in [0.15, 0.2) is 11.5 Å². The van der Waals surface area contributed by atoms with Gasteiger partial charge in [-0.05, 0) is 37.6 Å². The van der Waals surface area contributed by atoms with Crippen molar-refractivity contribution < 1.29 is 19.1 Å². The molecule has 142 valence electrons. The SMILES string of the molecule is COc1ccc(N2CCN(C(=O)c3ccccc3C)[C@H](C)C2=O)cc1OC. The number of carbonyl (C=O) groups excluding carboxylic acids is 2. The Balaban J connectivity index is 1.83. The molecule has 0 radical (unpaired) electrons. The van der Waals surface area contributed by atoms with E-state index >= 15 is 0 Å². The number of anilines is 1. The maximum absolute atomic E-state index is 13.0. The molecule has 0 aromatic heterocycles. The lowest BCUT2D eigenvalue weighted by Crippen LogP contribution is -2.57. The van der Waals surface area contributed by atoms with E-state index in [-0.39, 0.29) is 11.8 Å². The quantitative estimate of drug-likeness (QED) is 0.833. The third kappa shape index (κ3) is 3.47. The Bertz CT molecular complexity index is 865. The fourth-order valence-corrected chi connectivity index (χ4v) is 3.36. The van der Waals surface area contributed by atoms with Crippen LogP contribution in [0.25, 0.3) is 0 Å². The van der Waals surface area contributed by atoms with Crippen LogP contribution in [0.1, 0.15) is 22.8 Å². The molecule has 6 heteroatoms. The highest BCUT2D eigenvalue weighted by Crippen LogP contribution is 2.32. The molecule has 0 saturated carbocycles. The zero-order valence-electron chi connectivity index (χ0n) is 16.1. The lowest BCUT2D eigenvalue weighted by atomic mass is 10.0. The maximum atomic E-state index is 13.0. The van der Waals surface area contributed by atoms with E-state index in [1.807, 2.05) is 31.2 Å². The van der Waals surface area contributed by atoms with E-state index in [2.05, 4.69) is 0 Å². The second kappa shape index (κ2) is 7.70. The molecule has 6 nitrogen and oxygen atoms in total. The highest BCUT2D eigenvalue weighted by atomic mass is 16.5. The topological polar surface area (TPSA) is 59.1 Å². The smallest absolute Gasteiger partial charge is 0.254 e. The van der Waals surface area contributed by atoms with Gasteiger partial charge in [-0.15, -0.1) is 0 Å². The van der Waals surface area contributed by atoms with E-state index in [4.69, 9.17) is 9.47 Å². The first-order valence-electron chi connectivity index (χ1n) is 8.88. The molecule has 1 atom stereocenters. The summed E-state index contributed by atoms with van der Waals surface area (Å²) in [6.07, 6.45) is 0. The molecule has 0 bridgehead atoms. The molecule has 1 heterocycles. The first-order chi connectivity index (χ1) is 13.0. The fourth-order valence-electron chi connectivity index (χ4n) is 3.36. The van der Waals surface area contributed by atoms with Crippen LogP contribution in [-0.4, -0.2) is 50.1 Å². The van der Waals surface area contributed by atoms with Crippen molar-refractivity contribution in [3.8, 4) is 11.5 Å². The number of piperazine rings is 1. The van der Waals surface area contributed by atoms with Gasteiger partial charge in [0, 0.05) is 30.4 Å². The molecule has 0 aliphatic carbocycles. The van der Waals surface area contributed by atoms with Crippen LogP contribution >= 0.6 is 0 Å². The molecule has 0 N–H and O–H groups in total. The minimum Gasteiger partial charge on any atom is -0.493 e. The Morgan fingerprint density at radius 2 is 1.74 bits per heavy atom. The number of hydrogen-bond donors (Lipinski definition) is 0. The van der Waals surface area contributed by atoms with E-state index in [0.717, 1.165) is 11.3 Å². The van der Waals surface area contributed by atoms with Crippen LogP contribution in [0.4, 0.5) is 5.69 Å². The third-order valence-electron chi connectivity index (χ3n) is 4.97. The lowest BCUT2D eigenvalue weighted by molar-refractivity contribution is -0.124. The van der Waals surface area contributed by atoms with Gasteiger partial charge in [-0.1, -0.05) is 18.2 Å². The van der Waals surface area contributed by atoms with Crippen molar-refractivity contribution in [3.63, 3.8) is 0 Å². The highest BCUT2D eigenvalue weighted by molar-refractivity contribution is 6.04. The molecule has 2 aromatic carbocycles. The first-order valence-corrected chi connectivity index (χ1v) is 8.88. The number of aryl methyl sites for hydroxylation is 1. The summed E-state index contributed by atoms with van der Waals surface area (Å²) in [4.78, 5) is 29.2. The van der Waals surface area contributed by atoms with Gasteiger partial charge in [-0.3, -0.25) is 9.59 Å². The van der Waals surface area contributed by atoms with E-state index in [9.17, 15) is 9.59 Å². The van der Waals surface area contributed by atoms with Gasteiger partial charge in [-0.25, -0.2) is 0 Å². The summed E-state index contributed by atoms with van der Waals surface area (Å²) in [5, 5.41) is 0. The molecule has 0 unspecified atom stereocenters. The number of amides is 2. The summed E-state index contributed by atoms with van der Waals surface area (Å²) in [7, 11) is 3.13. The van der Waals surface area contributed by atoms with E-state index in [0.29, 0.717) is 30.2 Å². The number of rotatable bonds is 4. The molecule has 1 saturated heterocycles. The summed E-state index contributed by atoms with van der Waals surface area (Å²) in [5.41, 5.74) is 2.27. The average Bonchev–Trinajstić information content (AvgIpc) is 2.69. The number of benzene rings is 2. The van der Waals surface area contributed by atoms with Crippen molar-refractivity contribution in [1.82, 2.24) is 4.90 Å². The van der Waals surface area contributed by atoms with Crippen LogP contribution in [0, 0.1) is 6.92 Å². The second-order valence-electron chi connectivity index (χ2n) is 6.52. The Morgan fingerprint density at radius 1 is 1.04 bits per heavy atom. The van der Waals surface area contributed by atoms with Gasteiger partial charge in [0.1, 0.15) is 6.04 Å². The van der Waals surface area contributed by atoms with Crippen LogP contribution in [0.15, 0.2) is 42.5 Å². The Morgan fingerprint density at radius 3 is 2.41 bits per heavy atom. The molecular formula is C21H24N2O4. The number of methoxy groups -OCH3 is 2. The molecule has 27 heavy (non-hydrogen) atoms. The molecule has 0 spiro atoms. The minimum absolute atomic E-state index is 0.110. The number of nitrogens with zero attached hydrogens (tertiary/aromatic N) is 2. The van der Waals surface area contributed by atoms with Gasteiger partial charge in [0.2, 0.25) is 5.91 Å². The van der Waals surface area contributed by atoms with Crippen LogP contribution in [0.2, 0.25) is 0 Å². The summed E-state index contributed by atoms with van der Waals surface area (Å²) >= 11 is 0. The Hall–Kier alpha value is -3.02. The summed E-state index contributed by atoms with van der Waals surface area (Å²) in [6, 6.07) is 12.3. The van der Waals surface area contributed by atoms with Crippen molar-refractivity contribution in [1.29, 1.82) is 0 Å². The van der Waals surface area contributed by atoms with Crippen LogP contribution < -0.4 is 14.4 Å². The Kier molecular flexibility index (Phi) is 5.35. The van der Waals surface area contributed by atoms with E-state index in [1.165, 1.54) is 0 Å². The van der Waals surface area contributed by atoms with Gasteiger partial charge in [0.25, 0.3) is 5.91 Å². The standard InChI is InChI=1S/C21H24N2O4/c1-14-7-5-6-8-17(14)21(25)22-11-12-23(20(24)15(22)2)16-9-10-18(26-3)19(13-16)27-4/h5-10,13,15H,11-12H2,1-4H3/t15-/m1/s1. The lowest BCUT2D eigenvalue weighted by Gasteiger charge is -2.39. The molecule has 1 aliphatic heterocycles. The average molecular weight is 368 g/mol. The monoisotopic (exact) mass is 368 g/mol. The van der Waals surface area contributed by atoms with Crippen molar-refractivity contribution in [2.24, 2.45) is 0 Å². The molecule has 1 aliphatic rings. The van der Waals surface area contributed by atoms with Gasteiger partial charge >= 0.3 is 0 Å². The van der Waals surface area contributed by atoms with Gasteiger partial charge in [0.05, 0.1) is 14.2 Å². The normalized spacial score (nSPS) is 17.0. The molecule has 3 rings (SSSR count). The van der Waals surface area contributed by atoms with E-state index < -0.39 is 6.04 Å². The minimum atomic E-state index is -0.543.